The van der Waals surface area contributed by atoms with Crippen LogP contribution in [-0.2, 0) is 0 Å². The molecule has 0 aliphatic heterocycles. The van der Waals surface area contributed by atoms with E-state index in [0.717, 1.165) is 0 Å². The van der Waals surface area contributed by atoms with E-state index in [4.69, 9.17) is 0 Å². The van der Waals surface area contributed by atoms with Gasteiger partial charge in [-0.3, -0.25) is 0 Å². The quantitative estimate of drug-likeness (QED) is 0.719. The Bertz CT molecular complexity index is 243. The second kappa shape index (κ2) is 4.66. The molecule has 0 saturated heterocycles. The van der Waals surface area contributed by atoms with Crippen LogP contribution in [0.25, 0.3) is 0 Å². The SMILES string of the molecule is CCCC(C)c1ccccc1Br. The standard InChI is InChI=1S/C11H15Br/c1-3-6-9(2)10-7-4-5-8-11(10)12/h4-5,7-9H,3,6H2,1-2H3. The molecule has 0 N–H and O–H groups in total. The molecular weight excluding hydrogens is 212 g/mol. The van der Waals surface area contributed by atoms with Crippen molar-refractivity contribution in [2.45, 2.75) is 32.6 Å². The molecule has 0 fully saturated rings. The molecule has 0 aliphatic rings. The van der Waals surface area contributed by atoms with E-state index >= 15 is 0 Å². The molecule has 1 aromatic rings. The van der Waals surface area contributed by atoms with E-state index in [1.165, 1.54) is 22.9 Å². The van der Waals surface area contributed by atoms with Crippen LogP contribution in [0.2, 0.25) is 0 Å². The van der Waals surface area contributed by atoms with E-state index < -0.39 is 0 Å². The third kappa shape index (κ3) is 2.34. The Kier molecular flexibility index (Phi) is 3.80. The predicted molar refractivity (Wildman–Crippen MR) is 57.5 cm³/mol. The van der Waals surface area contributed by atoms with Crippen molar-refractivity contribution in [1.82, 2.24) is 0 Å². The van der Waals surface area contributed by atoms with Gasteiger partial charge in [0.2, 0.25) is 0 Å². The monoisotopic (exact) mass is 226 g/mol. The maximum atomic E-state index is 3.57. The maximum Gasteiger partial charge on any atom is 0.0210 e. The van der Waals surface area contributed by atoms with Crippen molar-refractivity contribution in [3.05, 3.63) is 34.3 Å². The highest BCUT2D eigenvalue weighted by Crippen LogP contribution is 2.27. The highest BCUT2D eigenvalue weighted by atomic mass is 79.9. The molecular formula is C11H15Br. The fraction of sp³-hybridized carbons (Fsp3) is 0.455. The van der Waals surface area contributed by atoms with Crippen LogP contribution >= 0.6 is 15.9 Å². The number of hydrogen-bond donors (Lipinski definition) is 0. The summed E-state index contributed by atoms with van der Waals surface area (Å²) in [6, 6.07) is 8.48. The molecule has 0 aliphatic carbocycles. The van der Waals surface area contributed by atoms with Gasteiger partial charge in [0.15, 0.2) is 0 Å². The van der Waals surface area contributed by atoms with Gasteiger partial charge in [0, 0.05) is 4.47 Å². The van der Waals surface area contributed by atoms with Crippen molar-refractivity contribution < 1.29 is 0 Å². The summed E-state index contributed by atoms with van der Waals surface area (Å²) in [4.78, 5) is 0. The molecule has 1 aromatic carbocycles. The summed E-state index contributed by atoms with van der Waals surface area (Å²) >= 11 is 3.57. The lowest BCUT2D eigenvalue weighted by atomic mass is 9.97. The molecule has 0 amide bonds. The van der Waals surface area contributed by atoms with Crippen LogP contribution in [-0.4, -0.2) is 0 Å². The van der Waals surface area contributed by atoms with Gasteiger partial charge < -0.3 is 0 Å². The van der Waals surface area contributed by atoms with Gasteiger partial charge in [0.1, 0.15) is 0 Å². The van der Waals surface area contributed by atoms with E-state index in [0.29, 0.717) is 5.92 Å². The molecule has 0 aromatic heterocycles. The zero-order valence-electron chi connectivity index (χ0n) is 7.68. The maximum absolute atomic E-state index is 3.57. The first-order valence-electron chi connectivity index (χ1n) is 4.50. The van der Waals surface area contributed by atoms with E-state index in [2.05, 4.69) is 54.0 Å². The molecule has 0 bridgehead atoms. The molecule has 66 valence electrons. The van der Waals surface area contributed by atoms with Gasteiger partial charge in [-0.05, 0) is 24.0 Å². The van der Waals surface area contributed by atoms with Crippen LogP contribution in [0.3, 0.4) is 0 Å². The molecule has 0 spiro atoms. The average molecular weight is 227 g/mol. The Morgan fingerprint density at radius 1 is 1.33 bits per heavy atom. The molecule has 0 saturated carbocycles. The average Bonchev–Trinajstić information content (AvgIpc) is 2.05. The first-order valence-corrected chi connectivity index (χ1v) is 5.29. The summed E-state index contributed by atoms with van der Waals surface area (Å²) in [6.07, 6.45) is 2.52. The molecule has 1 heteroatoms. The van der Waals surface area contributed by atoms with E-state index in [1.54, 1.807) is 0 Å². The fourth-order valence-corrected chi connectivity index (χ4v) is 2.14. The van der Waals surface area contributed by atoms with Crippen molar-refractivity contribution in [1.29, 1.82) is 0 Å². The molecule has 1 rings (SSSR count). The van der Waals surface area contributed by atoms with Gasteiger partial charge in [-0.1, -0.05) is 54.4 Å². The summed E-state index contributed by atoms with van der Waals surface area (Å²) in [5, 5.41) is 0. The minimum Gasteiger partial charge on any atom is -0.0654 e. The van der Waals surface area contributed by atoms with Gasteiger partial charge in [-0.2, -0.15) is 0 Å². The summed E-state index contributed by atoms with van der Waals surface area (Å²) in [5.41, 5.74) is 1.43. The fourth-order valence-electron chi connectivity index (χ4n) is 1.46. The smallest absolute Gasteiger partial charge is 0.0210 e. The zero-order valence-corrected chi connectivity index (χ0v) is 9.26. The Morgan fingerprint density at radius 3 is 2.58 bits per heavy atom. The lowest BCUT2D eigenvalue weighted by Crippen LogP contribution is -1.93. The number of hydrogen-bond acceptors (Lipinski definition) is 0. The Labute approximate surface area is 83.1 Å². The van der Waals surface area contributed by atoms with Crippen molar-refractivity contribution in [2.75, 3.05) is 0 Å². The number of benzene rings is 1. The van der Waals surface area contributed by atoms with Crippen LogP contribution < -0.4 is 0 Å². The largest absolute Gasteiger partial charge is 0.0654 e. The van der Waals surface area contributed by atoms with E-state index in [1.807, 2.05) is 0 Å². The lowest BCUT2D eigenvalue weighted by Gasteiger charge is -2.11. The van der Waals surface area contributed by atoms with Gasteiger partial charge in [-0.25, -0.2) is 0 Å². The lowest BCUT2D eigenvalue weighted by molar-refractivity contribution is 0.662. The van der Waals surface area contributed by atoms with Gasteiger partial charge in [0.05, 0.1) is 0 Å². The van der Waals surface area contributed by atoms with Gasteiger partial charge in [0.25, 0.3) is 0 Å². The third-order valence-corrected chi connectivity index (χ3v) is 2.88. The van der Waals surface area contributed by atoms with Crippen molar-refractivity contribution in [3.8, 4) is 0 Å². The highest BCUT2D eigenvalue weighted by Gasteiger charge is 2.06. The summed E-state index contributed by atoms with van der Waals surface area (Å²) < 4.78 is 1.24. The number of rotatable bonds is 3. The van der Waals surface area contributed by atoms with Crippen LogP contribution in [0.4, 0.5) is 0 Å². The van der Waals surface area contributed by atoms with Crippen molar-refractivity contribution >= 4 is 15.9 Å². The Morgan fingerprint density at radius 2 is 2.00 bits per heavy atom. The molecule has 0 heterocycles. The summed E-state index contributed by atoms with van der Waals surface area (Å²) in [5.74, 6) is 0.672. The minimum absolute atomic E-state index is 0.672. The van der Waals surface area contributed by atoms with Crippen LogP contribution in [0.5, 0.6) is 0 Å². The molecule has 12 heavy (non-hydrogen) atoms. The molecule has 0 radical (unpaired) electrons. The Hall–Kier alpha value is -0.300. The predicted octanol–water partition coefficient (Wildman–Crippen LogP) is 4.35. The highest BCUT2D eigenvalue weighted by molar-refractivity contribution is 9.10. The van der Waals surface area contributed by atoms with Gasteiger partial charge in [-0.15, -0.1) is 0 Å². The third-order valence-electron chi connectivity index (χ3n) is 2.16. The first-order chi connectivity index (χ1) is 5.75. The Balaban J connectivity index is 2.79. The first kappa shape index (κ1) is 9.79. The summed E-state index contributed by atoms with van der Waals surface area (Å²) in [6.45, 7) is 4.51. The minimum atomic E-state index is 0.672. The molecule has 1 atom stereocenters. The topological polar surface area (TPSA) is 0 Å². The zero-order chi connectivity index (χ0) is 8.97. The van der Waals surface area contributed by atoms with E-state index in [-0.39, 0.29) is 0 Å². The van der Waals surface area contributed by atoms with Crippen LogP contribution in [0.1, 0.15) is 38.2 Å². The van der Waals surface area contributed by atoms with Crippen molar-refractivity contribution in [2.24, 2.45) is 0 Å². The van der Waals surface area contributed by atoms with Gasteiger partial charge >= 0.3 is 0 Å². The molecule has 0 nitrogen and oxygen atoms in total. The van der Waals surface area contributed by atoms with Crippen LogP contribution in [0.15, 0.2) is 28.7 Å². The van der Waals surface area contributed by atoms with Crippen molar-refractivity contribution in [3.63, 3.8) is 0 Å². The summed E-state index contributed by atoms with van der Waals surface area (Å²) in [7, 11) is 0. The molecule has 1 unspecified atom stereocenters. The number of halogens is 1. The second-order valence-electron chi connectivity index (χ2n) is 3.21. The second-order valence-corrected chi connectivity index (χ2v) is 4.07. The van der Waals surface area contributed by atoms with E-state index in [9.17, 15) is 0 Å². The van der Waals surface area contributed by atoms with Crippen LogP contribution in [0, 0.1) is 0 Å². The normalized spacial score (nSPS) is 12.9.